The first-order chi connectivity index (χ1) is 14.9. The number of rotatable bonds is 6. The van der Waals surface area contributed by atoms with Crippen LogP contribution in [0.3, 0.4) is 0 Å². The minimum absolute atomic E-state index is 0. The lowest BCUT2D eigenvalue weighted by Crippen LogP contribution is -3.00. The number of hydrogen-bond acceptors (Lipinski definition) is 1. The molecule has 1 nitrogen and oxygen atoms in total. The van der Waals surface area contributed by atoms with Gasteiger partial charge in [-0.2, -0.15) is 0 Å². The quantitative estimate of drug-likeness (QED) is 0.376. The van der Waals surface area contributed by atoms with Crippen LogP contribution in [0.25, 0.3) is 0 Å². The number of fused-ring (bicyclic) bond motifs is 1. The van der Waals surface area contributed by atoms with Gasteiger partial charge in [0.1, 0.15) is 23.2 Å². The highest BCUT2D eigenvalue weighted by Gasteiger charge is 2.45. The van der Waals surface area contributed by atoms with Crippen molar-refractivity contribution < 1.29 is 17.0 Å². The van der Waals surface area contributed by atoms with Gasteiger partial charge in [0.05, 0.1) is 6.16 Å². The van der Waals surface area contributed by atoms with Gasteiger partial charge in [-0.1, -0.05) is 78.9 Å². The average molecular weight is 488 g/mol. The van der Waals surface area contributed by atoms with E-state index in [0.29, 0.717) is 0 Å². The molecule has 0 N–H and O–H groups in total. The molecule has 1 heterocycles. The summed E-state index contributed by atoms with van der Waals surface area (Å²) in [7, 11) is -1.74. The lowest BCUT2D eigenvalue weighted by Gasteiger charge is -2.29. The van der Waals surface area contributed by atoms with E-state index in [1.54, 1.807) is 0 Å². The Bertz CT molecular complexity index is 978. The fourth-order valence-electron chi connectivity index (χ4n) is 4.74. The van der Waals surface area contributed by atoms with Gasteiger partial charge in [0.15, 0.2) is 0 Å². The Labute approximate surface area is 196 Å². The van der Waals surface area contributed by atoms with Crippen LogP contribution >= 0.6 is 7.26 Å². The van der Waals surface area contributed by atoms with Gasteiger partial charge >= 0.3 is 0 Å². The largest absolute Gasteiger partial charge is 1.00 e. The maximum Gasteiger partial charge on any atom is 0.113 e. The standard InChI is InChI=1S/C28H27NP.BrH/c1-4-14-26(15-5-1)30(27-16-6-2-7-17-27,28-18-8-3-9-19-28)21-20-29-22-24-12-10-11-13-25(24)23-29;/h1-19H,20-23H2;1H/q+1;/p-1. The Morgan fingerprint density at radius 1 is 0.516 bits per heavy atom. The summed E-state index contributed by atoms with van der Waals surface area (Å²) in [5.41, 5.74) is 2.97. The smallest absolute Gasteiger partial charge is 0.113 e. The third-order valence-corrected chi connectivity index (χ3v) is 10.7. The van der Waals surface area contributed by atoms with Crippen LogP contribution in [0.1, 0.15) is 11.1 Å². The molecule has 0 unspecified atom stereocenters. The molecule has 0 atom stereocenters. The summed E-state index contributed by atoms with van der Waals surface area (Å²) in [6, 6.07) is 42.5. The van der Waals surface area contributed by atoms with Gasteiger partial charge in [0, 0.05) is 19.6 Å². The van der Waals surface area contributed by atoms with Gasteiger partial charge in [0.25, 0.3) is 0 Å². The van der Waals surface area contributed by atoms with E-state index in [1.165, 1.54) is 27.0 Å². The maximum absolute atomic E-state index is 2.62. The van der Waals surface area contributed by atoms with Gasteiger partial charge in [-0.05, 0) is 47.5 Å². The molecule has 0 aromatic heterocycles. The van der Waals surface area contributed by atoms with Crippen LogP contribution in [0.4, 0.5) is 0 Å². The topological polar surface area (TPSA) is 3.24 Å². The van der Waals surface area contributed by atoms with E-state index in [1.807, 2.05) is 0 Å². The van der Waals surface area contributed by atoms with Crippen molar-refractivity contribution in [2.24, 2.45) is 0 Å². The first-order valence-electron chi connectivity index (χ1n) is 10.7. The Kier molecular flexibility index (Phi) is 7.02. The highest BCUT2D eigenvalue weighted by atomic mass is 79.9. The zero-order valence-corrected chi connectivity index (χ0v) is 20.1. The van der Waals surface area contributed by atoms with Crippen molar-refractivity contribution in [1.29, 1.82) is 0 Å². The van der Waals surface area contributed by atoms with E-state index in [0.717, 1.165) is 25.8 Å². The van der Waals surface area contributed by atoms with Gasteiger partial charge < -0.3 is 17.0 Å². The minimum atomic E-state index is -1.74. The lowest BCUT2D eigenvalue weighted by atomic mass is 10.1. The molecule has 5 rings (SSSR count). The van der Waals surface area contributed by atoms with Crippen molar-refractivity contribution in [1.82, 2.24) is 4.90 Å². The van der Waals surface area contributed by atoms with Crippen LogP contribution < -0.4 is 32.9 Å². The molecule has 3 heteroatoms. The number of halogens is 1. The third-order valence-electron chi connectivity index (χ3n) is 6.25. The normalized spacial score (nSPS) is 13.4. The second-order valence-corrected chi connectivity index (χ2v) is 11.6. The maximum atomic E-state index is 2.62. The Balaban J connectivity index is 0.00000231. The molecule has 31 heavy (non-hydrogen) atoms. The van der Waals surface area contributed by atoms with Crippen molar-refractivity contribution >= 4 is 23.2 Å². The molecule has 156 valence electrons. The van der Waals surface area contributed by atoms with Crippen molar-refractivity contribution in [3.8, 4) is 0 Å². The van der Waals surface area contributed by atoms with Crippen LogP contribution in [0, 0.1) is 0 Å². The highest BCUT2D eigenvalue weighted by Crippen LogP contribution is 2.55. The van der Waals surface area contributed by atoms with Gasteiger partial charge in [-0.3, -0.25) is 4.90 Å². The summed E-state index contributed by atoms with van der Waals surface area (Å²) in [5, 5.41) is 4.41. The van der Waals surface area contributed by atoms with E-state index in [2.05, 4.69) is 120 Å². The van der Waals surface area contributed by atoms with Crippen LogP contribution in [-0.4, -0.2) is 17.6 Å². The minimum Gasteiger partial charge on any atom is -1.00 e. The molecular formula is C28H27BrNP. The summed E-state index contributed by atoms with van der Waals surface area (Å²) in [4.78, 5) is 2.62. The van der Waals surface area contributed by atoms with Crippen molar-refractivity contribution in [2.75, 3.05) is 12.7 Å². The molecule has 0 bridgehead atoms. The molecule has 1 aliphatic rings. The van der Waals surface area contributed by atoms with Crippen LogP contribution in [0.2, 0.25) is 0 Å². The predicted octanol–water partition coefficient (Wildman–Crippen LogP) is 2.00. The monoisotopic (exact) mass is 487 g/mol. The fraction of sp³-hybridized carbons (Fsp3) is 0.143. The molecule has 4 aromatic carbocycles. The summed E-state index contributed by atoms with van der Waals surface area (Å²) in [6.45, 7) is 3.23. The van der Waals surface area contributed by atoms with Crippen LogP contribution in [0.15, 0.2) is 115 Å². The molecule has 1 aliphatic heterocycles. The van der Waals surface area contributed by atoms with Gasteiger partial charge in [-0.25, -0.2) is 0 Å². The number of nitrogens with zero attached hydrogens (tertiary/aromatic N) is 1. The zero-order chi connectivity index (χ0) is 20.2. The highest BCUT2D eigenvalue weighted by molar-refractivity contribution is 7.95. The second kappa shape index (κ2) is 9.92. The molecule has 0 saturated carbocycles. The molecule has 0 saturated heterocycles. The molecule has 0 amide bonds. The number of hydrogen-bond donors (Lipinski definition) is 0. The first-order valence-corrected chi connectivity index (χ1v) is 12.7. The number of benzene rings is 4. The van der Waals surface area contributed by atoms with E-state index in [-0.39, 0.29) is 17.0 Å². The van der Waals surface area contributed by atoms with Crippen LogP contribution in [0.5, 0.6) is 0 Å². The fourth-order valence-corrected chi connectivity index (χ4v) is 9.03. The molecule has 0 radical (unpaired) electrons. The summed E-state index contributed by atoms with van der Waals surface area (Å²) in [6.07, 6.45) is 1.15. The van der Waals surface area contributed by atoms with E-state index in [4.69, 9.17) is 0 Å². The van der Waals surface area contributed by atoms with Crippen molar-refractivity contribution in [3.05, 3.63) is 126 Å². The van der Waals surface area contributed by atoms with E-state index < -0.39 is 7.26 Å². The van der Waals surface area contributed by atoms with E-state index >= 15 is 0 Å². The summed E-state index contributed by atoms with van der Waals surface area (Å²) in [5.74, 6) is 0. The molecule has 4 aromatic rings. The van der Waals surface area contributed by atoms with Crippen molar-refractivity contribution in [3.63, 3.8) is 0 Å². The van der Waals surface area contributed by atoms with Crippen LogP contribution in [-0.2, 0) is 13.1 Å². The Morgan fingerprint density at radius 2 is 0.871 bits per heavy atom. The summed E-state index contributed by atoms with van der Waals surface area (Å²) < 4.78 is 0. The molecule has 0 spiro atoms. The lowest BCUT2D eigenvalue weighted by molar-refractivity contribution is -0.00000583. The van der Waals surface area contributed by atoms with Gasteiger partial charge in [-0.15, -0.1) is 0 Å². The summed E-state index contributed by atoms with van der Waals surface area (Å²) >= 11 is 0. The van der Waals surface area contributed by atoms with E-state index in [9.17, 15) is 0 Å². The molecule has 0 aliphatic carbocycles. The Hall–Kier alpha value is -2.25. The van der Waals surface area contributed by atoms with Crippen molar-refractivity contribution in [2.45, 2.75) is 13.1 Å². The zero-order valence-electron chi connectivity index (χ0n) is 17.6. The third kappa shape index (κ3) is 4.39. The molecular weight excluding hydrogens is 461 g/mol. The predicted molar refractivity (Wildman–Crippen MR) is 131 cm³/mol. The Morgan fingerprint density at radius 3 is 1.26 bits per heavy atom. The average Bonchev–Trinajstić information content (AvgIpc) is 3.25. The first kappa shape index (κ1) is 22.0. The SMILES string of the molecule is [Br-].c1ccc([P+](CCN2Cc3ccccc3C2)(c2ccccc2)c2ccccc2)cc1. The van der Waals surface area contributed by atoms with Gasteiger partial charge in [0.2, 0.25) is 0 Å². The molecule has 0 fully saturated rings. The second-order valence-electron chi connectivity index (χ2n) is 8.02.